The van der Waals surface area contributed by atoms with Crippen LogP contribution in [-0.2, 0) is 10.4 Å². The van der Waals surface area contributed by atoms with Crippen LogP contribution in [-0.4, -0.2) is 52.9 Å². The molecule has 1 aliphatic rings. The van der Waals surface area contributed by atoms with Gasteiger partial charge in [-0.2, -0.15) is 5.10 Å². The molecule has 9 nitrogen and oxygen atoms in total. The Hall–Kier alpha value is -3.24. The van der Waals surface area contributed by atoms with Gasteiger partial charge in [0.2, 0.25) is 0 Å². The Labute approximate surface area is 196 Å². The minimum absolute atomic E-state index is 0.240. The van der Waals surface area contributed by atoms with Gasteiger partial charge in [0.1, 0.15) is 18.3 Å². The summed E-state index contributed by atoms with van der Waals surface area (Å²) in [5.41, 5.74) is 2.14. The van der Waals surface area contributed by atoms with Crippen molar-refractivity contribution in [2.75, 3.05) is 36.5 Å². The Morgan fingerprint density at radius 3 is 2.52 bits per heavy atom. The van der Waals surface area contributed by atoms with Crippen molar-refractivity contribution >= 4 is 34.5 Å². The first kappa shape index (κ1) is 22.9. The fraction of sp³-hybridized carbons (Fsp3) is 0.391. The topological polar surface area (TPSA) is 101 Å². The number of morpholine rings is 1. The quantitative estimate of drug-likeness (QED) is 0.552. The maximum Gasteiger partial charge on any atom is 0.265 e. The van der Waals surface area contributed by atoms with Crippen LogP contribution >= 0.6 is 11.3 Å². The van der Waals surface area contributed by atoms with Crippen LogP contribution in [0.5, 0.6) is 0 Å². The number of carbonyl (C=O) groups is 2. The first-order valence-corrected chi connectivity index (χ1v) is 11.7. The van der Waals surface area contributed by atoms with Crippen LogP contribution in [0.2, 0.25) is 0 Å². The summed E-state index contributed by atoms with van der Waals surface area (Å²) in [6.45, 7) is 8.98. The van der Waals surface area contributed by atoms with E-state index in [9.17, 15) is 9.59 Å². The van der Waals surface area contributed by atoms with E-state index in [0.29, 0.717) is 16.2 Å². The van der Waals surface area contributed by atoms with Crippen molar-refractivity contribution in [1.82, 2.24) is 20.1 Å². The van der Waals surface area contributed by atoms with Crippen molar-refractivity contribution in [3.63, 3.8) is 0 Å². The molecule has 33 heavy (non-hydrogen) atoms. The number of rotatable bonds is 7. The summed E-state index contributed by atoms with van der Waals surface area (Å²) in [5.74, 6) is -0.499. The molecule has 1 atom stereocenters. The second kappa shape index (κ2) is 9.72. The third-order valence-electron chi connectivity index (χ3n) is 5.88. The van der Waals surface area contributed by atoms with Gasteiger partial charge < -0.3 is 20.3 Å². The maximum atomic E-state index is 12.8. The van der Waals surface area contributed by atoms with Gasteiger partial charge in [0.05, 0.1) is 23.0 Å². The number of amides is 2. The van der Waals surface area contributed by atoms with Gasteiger partial charge in [-0.15, -0.1) is 11.3 Å². The van der Waals surface area contributed by atoms with E-state index in [1.165, 1.54) is 6.33 Å². The molecule has 4 rings (SSSR count). The van der Waals surface area contributed by atoms with Gasteiger partial charge in [-0.3, -0.25) is 9.59 Å². The molecule has 1 saturated heterocycles. The highest BCUT2D eigenvalue weighted by Gasteiger charge is 2.28. The van der Waals surface area contributed by atoms with Gasteiger partial charge in [0.15, 0.2) is 0 Å². The summed E-state index contributed by atoms with van der Waals surface area (Å²) in [6.07, 6.45) is 3.63. The number of thiophene rings is 1. The maximum absolute atomic E-state index is 12.8. The Bertz CT molecular complexity index is 1120. The number of benzene rings is 1. The summed E-state index contributed by atoms with van der Waals surface area (Å²) in [6, 6.07) is 9.34. The molecule has 174 valence electrons. The van der Waals surface area contributed by atoms with Crippen molar-refractivity contribution in [2.24, 2.45) is 0 Å². The molecule has 0 bridgehead atoms. The minimum atomic E-state index is -0.709. The molecule has 1 unspecified atom stereocenters. The van der Waals surface area contributed by atoms with Crippen LogP contribution in [0.3, 0.4) is 0 Å². The van der Waals surface area contributed by atoms with Crippen LogP contribution in [0.25, 0.3) is 0 Å². The average Bonchev–Trinajstić information content (AvgIpc) is 3.54. The molecule has 0 spiro atoms. The van der Waals surface area contributed by atoms with E-state index in [1.54, 1.807) is 23.1 Å². The molecule has 3 heterocycles. The van der Waals surface area contributed by atoms with Gasteiger partial charge in [0, 0.05) is 24.5 Å². The zero-order valence-electron chi connectivity index (χ0n) is 19.0. The zero-order valence-corrected chi connectivity index (χ0v) is 19.8. The molecule has 2 amide bonds. The first-order valence-electron chi connectivity index (χ1n) is 10.9. The number of hydrogen-bond donors (Lipinski definition) is 2. The molecule has 0 aliphatic carbocycles. The summed E-state index contributed by atoms with van der Waals surface area (Å²) in [4.78, 5) is 32.8. The molecule has 1 aromatic carbocycles. The van der Waals surface area contributed by atoms with E-state index in [1.807, 2.05) is 32.9 Å². The Kier molecular flexibility index (Phi) is 6.75. The number of aryl methyl sites for hydroxylation is 1. The van der Waals surface area contributed by atoms with Gasteiger partial charge in [-0.1, -0.05) is 6.92 Å². The summed E-state index contributed by atoms with van der Waals surface area (Å²) in [5, 5.41) is 10.1. The molecule has 1 aliphatic heterocycles. The third-order valence-corrected chi connectivity index (χ3v) is 6.97. The normalized spacial score (nSPS) is 15.7. The minimum Gasteiger partial charge on any atom is -0.378 e. The van der Waals surface area contributed by atoms with Gasteiger partial charge in [-0.05, 0) is 56.2 Å². The molecule has 3 aromatic rings. The zero-order chi connectivity index (χ0) is 23.4. The predicted octanol–water partition coefficient (Wildman–Crippen LogP) is 3.25. The highest BCUT2D eigenvalue weighted by atomic mass is 32.1. The number of aromatic nitrogens is 3. The van der Waals surface area contributed by atoms with Crippen molar-refractivity contribution in [1.29, 1.82) is 0 Å². The van der Waals surface area contributed by atoms with Crippen LogP contribution in [0.1, 0.15) is 45.2 Å². The standard InChI is InChI=1S/C23H28N6O3S/c1-4-23(3,29-15-24-14-25-29)27-22(31)20-8-7-19(33-20)21(30)26-18-6-5-17(13-16(18)2)28-9-11-32-12-10-28/h5-8,13-15H,4,9-12H2,1-3H3,(H,26,30)(H,27,31). The van der Waals surface area contributed by atoms with Gasteiger partial charge in [-0.25, -0.2) is 9.67 Å². The van der Waals surface area contributed by atoms with Crippen molar-refractivity contribution < 1.29 is 14.3 Å². The van der Waals surface area contributed by atoms with E-state index in [2.05, 4.69) is 31.7 Å². The molecular formula is C23H28N6O3S. The lowest BCUT2D eigenvalue weighted by Gasteiger charge is -2.29. The fourth-order valence-corrected chi connectivity index (χ4v) is 4.45. The van der Waals surface area contributed by atoms with E-state index in [-0.39, 0.29) is 11.8 Å². The Morgan fingerprint density at radius 1 is 1.15 bits per heavy atom. The fourth-order valence-electron chi connectivity index (χ4n) is 3.65. The van der Waals surface area contributed by atoms with E-state index in [0.717, 1.165) is 54.6 Å². The number of ether oxygens (including phenoxy) is 1. The average molecular weight is 469 g/mol. The number of carbonyl (C=O) groups excluding carboxylic acids is 2. The summed E-state index contributed by atoms with van der Waals surface area (Å²) in [7, 11) is 0. The molecule has 2 aromatic heterocycles. The number of nitrogens with one attached hydrogen (secondary N) is 2. The van der Waals surface area contributed by atoms with E-state index >= 15 is 0 Å². The lowest BCUT2D eigenvalue weighted by Crippen LogP contribution is -2.47. The van der Waals surface area contributed by atoms with Gasteiger partial charge >= 0.3 is 0 Å². The Balaban J connectivity index is 1.42. The van der Waals surface area contributed by atoms with Crippen molar-refractivity contribution in [2.45, 2.75) is 32.9 Å². The van der Waals surface area contributed by atoms with Crippen LogP contribution < -0.4 is 15.5 Å². The molecule has 2 N–H and O–H groups in total. The molecule has 0 saturated carbocycles. The van der Waals surface area contributed by atoms with Crippen molar-refractivity contribution in [3.8, 4) is 0 Å². The highest BCUT2D eigenvalue weighted by molar-refractivity contribution is 7.16. The smallest absolute Gasteiger partial charge is 0.265 e. The van der Waals surface area contributed by atoms with E-state index < -0.39 is 5.66 Å². The highest BCUT2D eigenvalue weighted by Crippen LogP contribution is 2.25. The number of nitrogens with zero attached hydrogens (tertiary/aromatic N) is 4. The third kappa shape index (κ3) is 5.07. The molecular weight excluding hydrogens is 440 g/mol. The monoisotopic (exact) mass is 468 g/mol. The number of anilines is 2. The first-order chi connectivity index (χ1) is 15.9. The van der Waals surface area contributed by atoms with Crippen LogP contribution in [0.15, 0.2) is 43.0 Å². The largest absolute Gasteiger partial charge is 0.378 e. The molecule has 1 fully saturated rings. The second-order valence-corrected chi connectivity index (χ2v) is 9.22. The SMILES string of the molecule is CCC(C)(NC(=O)c1ccc(C(=O)Nc2ccc(N3CCOCC3)cc2C)s1)n1cncn1. The Morgan fingerprint density at radius 2 is 1.88 bits per heavy atom. The summed E-state index contributed by atoms with van der Waals surface area (Å²) < 4.78 is 7.03. The van der Waals surface area contributed by atoms with Crippen molar-refractivity contribution in [3.05, 3.63) is 58.3 Å². The molecule has 0 radical (unpaired) electrons. The van der Waals surface area contributed by atoms with Gasteiger partial charge in [0.25, 0.3) is 11.8 Å². The number of hydrogen-bond acceptors (Lipinski definition) is 7. The van der Waals surface area contributed by atoms with Crippen LogP contribution in [0, 0.1) is 6.92 Å². The lowest BCUT2D eigenvalue weighted by molar-refractivity contribution is 0.0841. The summed E-state index contributed by atoms with van der Waals surface area (Å²) >= 11 is 1.16. The predicted molar refractivity (Wildman–Crippen MR) is 128 cm³/mol. The van der Waals surface area contributed by atoms with E-state index in [4.69, 9.17) is 4.74 Å². The molecule has 10 heteroatoms. The lowest BCUT2D eigenvalue weighted by atomic mass is 10.1. The van der Waals surface area contributed by atoms with Crippen LogP contribution in [0.4, 0.5) is 11.4 Å². The second-order valence-electron chi connectivity index (χ2n) is 8.14.